The molecule has 0 spiro atoms. The second kappa shape index (κ2) is 8.72. The van der Waals surface area contributed by atoms with Crippen LogP contribution in [0.3, 0.4) is 0 Å². The van der Waals surface area contributed by atoms with Crippen molar-refractivity contribution < 1.29 is 18.0 Å². The number of amides is 1. The van der Waals surface area contributed by atoms with E-state index < -0.39 is 11.7 Å². The molecule has 1 heterocycles. The number of nitrogens with zero attached hydrogens (tertiary/aromatic N) is 4. The molecule has 0 aliphatic carbocycles. The van der Waals surface area contributed by atoms with Crippen molar-refractivity contribution in [3.8, 4) is 11.4 Å². The summed E-state index contributed by atoms with van der Waals surface area (Å²) in [5.74, 6) is 0.292. The van der Waals surface area contributed by atoms with Gasteiger partial charge in [0.25, 0.3) is 0 Å². The molecule has 29 heavy (non-hydrogen) atoms. The Bertz CT molecular complexity index is 969. The highest BCUT2D eigenvalue weighted by molar-refractivity contribution is 5.77. The van der Waals surface area contributed by atoms with Crippen LogP contribution in [0, 0.1) is 0 Å². The van der Waals surface area contributed by atoms with Crippen LogP contribution in [0.15, 0.2) is 48.5 Å². The molecule has 0 unspecified atom stereocenters. The van der Waals surface area contributed by atoms with E-state index in [1.54, 1.807) is 18.2 Å². The number of nitrogens with one attached hydrogen (secondary N) is 2. The van der Waals surface area contributed by atoms with Crippen LogP contribution in [0.4, 0.5) is 24.5 Å². The predicted molar refractivity (Wildman–Crippen MR) is 101 cm³/mol. The van der Waals surface area contributed by atoms with Gasteiger partial charge in [-0.15, -0.1) is 10.2 Å². The van der Waals surface area contributed by atoms with Crippen molar-refractivity contribution in [2.75, 3.05) is 11.9 Å². The van der Waals surface area contributed by atoms with Crippen molar-refractivity contribution in [2.45, 2.75) is 26.1 Å². The minimum absolute atomic E-state index is 0.0968. The third-order valence-electron chi connectivity index (χ3n) is 4.02. The van der Waals surface area contributed by atoms with Crippen molar-refractivity contribution in [2.24, 2.45) is 0 Å². The van der Waals surface area contributed by atoms with E-state index in [0.717, 1.165) is 12.1 Å². The van der Waals surface area contributed by atoms with Crippen LogP contribution in [0.5, 0.6) is 0 Å². The summed E-state index contributed by atoms with van der Waals surface area (Å²) in [5.41, 5.74) is 1.11. The van der Waals surface area contributed by atoms with Crippen LogP contribution >= 0.6 is 0 Å². The Hall–Kier alpha value is -3.43. The standard InChI is InChI=1S/C19H19F3N6O/c1-13(29)23-11-4-12-28-26-18(25-27-28)16-5-2-3-6-17(16)24-15-9-7-14(8-10-15)19(20,21)22/h2-3,5-10,24H,4,11-12H2,1H3,(H,23,29). The molecule has 10 heteroatoms. The number of carbonyl (C=O) groups is 1. The summed E-state index contributed by atoms with van der Waals surface area (Å²) in [6, 6.07) is 12.0. The molecule has 3 aromatic rings. The quantitative estimate of drug-likeness (QED) is 0.588. The molecule has 3 rings (SSSR count). The number of tetrazole rings is 1. The van der Waals surface area contributed by atoms with Crippen molar-refractivity contribution in [3.05, 3.63) is 54.1 Å². The monoisotopic (exact) mass is 404 g/mol. The second-order valence-corrected chi connectivity index (χ2v) is 6.29. The average Bonchev–Trinajstić information content (AvgIpc) is 3.14. The Labute approximate surface area is 164 Å². The molecule has 0 radical (unpaired) electrons. The largest absolute Gasteiger partial charge is 0.416 e. The molecular formula is C19H19F3N6O. The fourth-order valence-corrected chi connectivity index (χ4v) is 2.62. The topological polar surface area (TPSA) is 84.7 Å². The van der Waals surface area contributed by atoms with Gasteiger partial charge in [-0.2, -0.15) is 18.0 Å². The molecule has 7 nitrogen and oxygen atoms in total. The summed E-state index contributed by atoms with van der Waals surface area (Å²) in [6.45, 7) is 2.45. The summed E-state index contributed by atoms with van der Waals surface area (Å²) in [4.78, 5) is 12.3. The van der Waals surface area contributed by atoms with Crippen molar-refractivity contribution in [1.29, 1.82) is 0 Å². The molecule has 152 valence electrons. The molecule has 0 fully saturated rings. The maximum absolute atomic E-state index is 12.7. The Morgan fingerprint density at radius 3 is 2.52 bits per heavy atom. The lowest BCUT2D eigenvalue weighted by atomic mass is 10.1. The summed E-state index contributed by atoms with van der Waals surface area (Å²) >= 11 is 0. The smallest absolute Gasteiger partial charge is 0.356 e. The zero-order valence-corrected chi connectivity index (χ0v) is 15.6. The molecule has 2 aromatic carbocycles. The van der Waals surface area contributed by atoms with Gasteiger partial charge in [-0.05, 0) is 48.0 Å². The van der Waals surface area contributed by atoms with E-state index in [2.05, 4.69) is 26.0 Å². The van der Waals surface area contributed by atoms with Crippen LogP contribution in [-0.2, 0) is 17.5 Å². The first-order chi connectivity index (χ1) is 13.8. The number of aromatic nitrogens is 4. The van der Waals surface area contributed by atoms with E-state index in [-0.39, 0.29) is 5.91 Å². The normalized spacial score (nSPS) is 11.3. The van der Waals surface area contributed by atoms with Gasteiger partial charge in [-0.3, -0.25) is 4.79 Å². The number of para-hydroxylation sites is 1. The molecule has 0 atom stereocenters. The summed E-state index contributed by atoms with van der Waals surface area (Å²) in [5, 5.41) is 18.2. The van der Waals surface area contributed by atoms with E-state index in [9.17, 15) is 18.0 Å². The van der Waals surface area contributed by atoms with Crippen molar-refractivity contribution in [1.82, 2.24) is 25.5 Å². The molecule has 0 saturated carbocycles. The van der Waals surface area contributed by atoms with Gasteiger partial charge in [0.15, 0.2) is 0 Å². The van der Waals surface area contributed by atoms with E-state index in [1.807, 2.05) is 6.07 Å². The minimum atomic E-state index is -4.38. The highest BCUT2D eigenvalue weighted by atomic mass is 19.4. The maximum atomic E-state index is 12.7. The third kappa shape index (κ3) is 5.53. The number of anilines is 2. The van der Waals surface area contributed by atoms with Gasteiger partial charge in [0.05, 0.1) is 12.1 Å². The van der Waals surface area contributed by atoms with E-state index in [1.165, 1.54) is 23.9 Å². The lowest BCUT2D eigenvalue weighted by Crippen LogP contribution is -2.22. The Kier molecular flexibility index (Phi) is 6.10. The predicted octanol–water partition coefficient (Wildman–Crippen LogP) is 3.63. The lowest BCUT2D eigenvalue weighted by molar-refractivity contribution is -0.137. The molecule has 0 aliphatic rings. The molecule has 0 bridgehead atoms. The number of rotatable bonds is 7. The van der Waals surface area contributed by atoms with E-state index in [0.29, 0.717) is 42.3 Å². The third-order valence-corrected chi connectivity index (χ3v) is 4.02. The Morgan fingerprint density at radius 2 is 1.83 bits per heavy atom. The van der Waals surface area contributed by atoms with Gasteiger partial charge >= 0.3 is 6.18 Å². The molecule has 0 aliphatic heterocycles. The van der Waals surface area contributed by atoms with Gasteiger partial charge < -0.3 is 10.6 Å². The number of hydrogen-bond donors (Lipinski definition) is 2. The number of alkyl halides is 3. The molecule has 1 amide bonds. The van der Waals surface area contributed by atoms with Crippen LogP contribution in [0.2, 0.25) is 0 Å². The number of hydrogen-bond acceptors (Lipinski definition) is 5. The van der Waals surface area contributed by atoms with Gasteiger partial charge in [-0.1, -0.05) is 12.1 Å². The van der Waals surface area contributed by atoms with E-state index >= 15 is 0 Å². The van der Waals surface area contributed by atoms with Crippen LogP contribution in [-0.4, -0.2) is 32.7 Å². The number of aryl methyl sites for hydroxylation is 1. The summed E-state index contributed by atoms with van der Waals surface area (Å²) in [6.07, 6.45) is -3.72. The number of carbonyl (C=O) groups excluding carboxylic acids is 1. The first-order valence-electron chi connectivity index (χ1n) is 8.89. The van der Waals surface area contributed by atoms with Crippen LogP contribution < -0.4 is 10.6 Å². The minimum Gasteiger partial charge on any atom is -0.356 e. The molecule has 1 aromatic heterocycles. The van der Waals surface area contributed by atoms with Crippen molar-refractivity contribution >= 4 is 17.3 Å². The first-order valence-corrected chi connectivity index (χ1v) is 8.89. The van der Waals surface area contributed by atoms with Gasteiger partial charge in [-0.25, -0.2) is 0 Å². The van der Waals surface area contributed by atoms with Gasteiger partial charge in [0.1, 0.15) is 0 Å². The van der Waals surface area contributed by atoms with Crippen molar-refractivity contribution in [3.63, 3.8) is 0 Å². The molecule has 2 N–H and O–H groups in total. The van der Waals surface area contributed by atoms with Gasteiger partial charge in [0.2, 0.25) is 11.7 Å². The van der Waals surface area contributed by atoms with Crippen LogP contribution in [0.1, 0.15) is 18.9 Å². The number of halogens is 3. The lowest BCUT2D eigenvalue weighted by Gasteiger charge is -2.11. The fraction of sp³-hybridized carbons (Fsp3) is 0.263. The Morgan fingerprint density at radius 1 is 1.10 bits per heavy atom. The Balaban J connectivity index is 1.72. The highest BCUT2D eigenvalue weighted by Crippen LogP contribution is 2.32. The molecular weight excluding hydrogens is 385 g/mol. The zero-order valence-electron chi connectivity index (χ0n) is 15.6. The van der Waals surface area contributed by atoms with Gasteiger partial charge in [0, 0.05) is 30.4 Å². The van der Waals surface area contributed by atoms with E-state index in [4.69, 9.17) is 0 Å². The SMILES string of the molecule is CC(=O)NCCCn1nnc(-c2ccccc2Nc2ccc(C(F)(F)F)cc2)n1. The number of benzene rings is 2. The zero-order chi connectivity index (χ0) is 20.9. The maximum Gasteiger partial charge on any atom is 0.416 e. The van der Waals surface area contributed by atoms with Crippen LogP contribution in [0.25, 0.3) is 11.4 Å². The summed E-state index contributed by atoms with van der Waals surface area (Å²) in [7, 11) is 0. The fourth-order valence-electron chi connectivity index (χ4n) is 2.62. The second-order valence-electron chi connectivity index (χ2n) is 6.29. The average molecular weight is 404 g/mol. The first kappa shape index (κ1) is 20.3. The highest BCUT2D eigenvalue weighted by Gasteiger charge is 2.29. The summed E-state index contributed by atoms with van der Waals surface area (Å²) < 4.78 is 38.2. The molecule has 0 saturated heterocycles.